The van der Waals surface area contributed by atoms with Crippen LogP contribution in [-0.2, 0) is 14.8 Å². The van der Waals surface area contributed by atoms with Gasteiger partial charge in [0.15, 0.2) is 0 Å². The number of hydrogen-bond donors (Lipinski definition) is 1. The van der Waals surface area contributed by atoms with Gasteiger partial charge in [0.05, 0.1) is 6.26 Å². The van der Waals surface area contributed by atoms with E-state index in [9.17, 15) is 13.2 Å². The summed E-state index contributed by atoms with van der Waals surface area (Å²) < 4.78 is 24.6. The fraction of sp³-hybridized carbons (Fsp3) is 0.917. The third-order valence-corrected chi connectivity index (χ3v) is 5.36. The van der Waals surface area contributed by atoms with E-state index in [1.54, 1.807) is 0 Å². The molecule has 0 aromatic carbocycles. The Bertz CT molecular complexity index is 437. The minimum absolute atomic E-state index is 0.253. The maximum atomic E-state index is 11.6. The monoisotopic (exact) mass is 290 g/mol. The van der Waals surface area contributed by atoms with E-state index in [4.69, 9.17) is 5.11 Å². The number of likely N-dealkylation sites (tertiary alicyclic amines) is 1. The van der Waals surface area contributed by atoms with Gasteiger partial charge in [-0.3, -0.25) is 9.69 Å². The summed E-state index contributed by atoms with van der Waals surface area (Å²) in [5, 5.41) is 9.15. The molecule has 0 aromatic heterocycles. The molecule has 2 aliphatic heterocycles. The van der Waals surface area contributed by atoms with E-state index in [1.165, 1.54) is 10.6 Å². The number of carbonyl (C=O) groups is 1. The second kappa shape index (κ2) is 5.76. The van der Waals surface area contributed by atoms with E-state index < -0.39 is 16.0 Å². The lowest BCUT2D eigenvalue weighted by Crippen LogP contribution is -2.45. The van der Waals surface area contributed by atoms with E-state index in [-0.39, 0.29) is 12.0 Å². The van der Waals surface area contributed by atoms with Crippen molar-refractivity contribution in [2.24, 2.45) is 5.92 Å². The van der Waals surface area contributed by atoms with Crippen LogP contribution in [0.3, 0.4) is 0 Å². The second-order valence-corrected chi connectivity index (χ2v) is 7.60. The summed E-state index contributed by atoms with van der Waals surface area (Å²) in [6.07, 6.45) is 4.71. The Hall–Kier alpha value is -0.660. The van der Waals surface area contributed by atoms with Crippen LogP contribution in [0.5, 0.6) is 0 Å². The topological polar surface area (TPSA) is 77.9 Å². The number of nitrogens with zero attached hydrogens (tertiary/aromatic N) is 2. The number of rotatable bonds is 4. The smallest absolute Gasteiger partial charge is 0.320 e. The van der Waals surface area contributed by atoms with Gasteiger partial charge in [-0.1, -0.05) is 0 Å². The number of piperidine rings is 1. The van der Waals surface area contributed by atoms with Gasteiger partial charge in [-0.2, -0.15) is 0 Å². The summed E-state index contributed by atoms with van der Waals surface area (Å²) in [6.45, 7) is 2.63. The first-order valence-electron chi connectivity index (χ1n) is 6.80. The third kappa shape index (κ3) is 3.67. The Morgan fingerprint density at radius 1 is 1.26 bits per heavy atom. The number of hydrogen-bond acceptors (Lipinski definition) is 4. The van der Waals surface area contributed by atoms with Gasteiger partial charge in [0, 0.05) is 19.6 Å². The minimum Gasteiger partial charge on any atom is -0.480 e. The zero-order chi connectivity index (χ0) is 14.0. The normalized spacial score (nSPS) is 30.6. The molecule has 0 saturated carbocycles. The minimum atomic E-state index is -3.12. The molecule has 2 atom stereocenters. The van der Waals surface area contributed by atoms with Gasteiger partial charge >= 0.3 is 5.97 Å². The molecule has 0 aromatic rings. The largest absolute Gasteiger partial charge is 0.480 e. The maximum absolute atomic E-state index is 11.6. The molecule has 0 spiro atoms. The molecule has 6 nitrogen and oxygen atoms in total. The van der Waals surface area contributed by atoms with Crippen LogP contribution in [0.4, 0.5) is 0 Å². The van der Waals surface area contributed by atoms with Crippen LogP contribution in [0.15, 0.2) is 0 Å². The highest BCUT2D eigenvalue weighted by Gasteiger charge is 2.34. The van der Waals surface area contributed by atoms with Crippen molar-refractivity contribution in [2.45, 2.75) is 31.7 Å². The number of sulfonamides is 1. The van der Waals surface area contributed by atoms with Crippen LogP contribution in [0.1, 0.15) is 25.7 Å². The predicted octanol–water partition coefficient (Wildman–Crippen LogP) is 0.207. The highest BCUT2D eigenvalue weighted by atomic mass is 32.2. The maximum Gasteiger partial charge on any atom is 0.320 e. The zero-order valence-electron chi connectivity index (χ0n) is 11.3. The standard InChI is InChI=1S/C12H22N2O4S/c1-19(17,18)14-7-2-4-10(9-14)8-13-6-3-5-11(13)12(15)16/h10-11H,2-9H2,1H3,(H,15,16). The van der Waals surface area contributed by atoms with Gasteiger partial charge in [0.25, 0.3) is 0 Å². The summed E-state index contributed by atoms with van der Waals surface area (Å²) in [6, 6.07) is -0.381. The number of aliphatic carboxylic acids is 1. The van der Waals surface area contributed by atoms with Crippen LogP contribution < -0.4 is 0 Å². The van der Waals surface area contributed by atoms with Crippen molar-refractivity contribution in [3.05, 3.63) is 0 Å². The van der Waals surface area contributed by atoms with Gasteiger partial charge in [-0.25, -0.2) is 12.7 Å². The van der Waals surface area contributed by atoms with E-state index in [1.807, 2.05) is 4.90 Å². The number of carboxylic acids is 1. The van der Waals surface area contributed by atoms with E-state index in [0.29, 0.717) is 26.1 Å². The van der Waals surface area contributed by atoms with Crippen molar-refractivity contribution in [1.29, 1.82) is 0 Å². The Morgan fingerprint density at radius 3 is 2.58 bits per heavy atom. The zero-order valence-corrected chi connectivity index (χ0v) is 12.1. The Labute approximate surface area is 114 Å². The molecule has 2 rings (SSSR count). The average molecular weight is 290 g/mol. The molecule has 0 bridgehead atoms. The summed E-state index contributed by atoms with van der Waals surface area (Å²) >= 11 is 0. The first kappa shape index (κ1) is 14.7. The lowest BCUT2D eigenvalue weighted by Gasteiger charge is -2.34. The molecule has 2 aliphatic rings. The second-order valence-electron chi connectivity index (χ2n) is 5.62. The van der Waals surface area contributed by atoms with Crippen molar-refractivity contribution < 1.29 is 18.3 Å². The van der Waals surface area contributed by atoms with Gasteiger partial charge in [-0.05, 0) is 38.1 Å². The summed E-state index contributed by atoms with van der Waals surface area (Å²) in [7, 11) is -3.12. The van der Waals surface area contributed by atoms with Crippen LogP contribution in [0.2, 0.25) is 0 Å². The molecule has 2 unspecified atom stereocenters. The predicted molar refractivity (Wildman–Crippen MR) is 71.4 cm³/mol. The molecular formula is C12H22N2O4S. The fourth-order valence-electron chi connectivity index (χ4n) is 3.13. The molecule has 2 fully saturated rings. The Morgan fingerprint density at radius 2 is 1.95 bits per heavy atom. The first-order valence-corrected chi connectivity index (χ1v) is 8.64. The van der Waals surface area contributed by atoms with E-state index >= 15 is 0 Å². The summed E-state index contributed by atoms with van der Waals surface area (Å²) in [5.74, 6) is -0.503. The van der Waals surface area contributed by atoms with Crippen molar-refractivity contribution in [3.8, 4) is 0 Å². The quantitative estimate of drug-likeness (QED) is 0.800. The van der Waals surface area contributed by atoms with Crippen molar-refractivity contribution in [3.63, 3.8) is 0 Å². The van der Waals surface area contributed by atoms with Gasteiger partial charge in [0.1, 0.15) is 6.04 Å². The summed E-state index contributed by atoms with van der Waals surface area (Å²) in [5.41, 5.74) is 0. The summed E-state index contributed by atoms with van der Waals surface area (Å²) in [4.78, 5) is 13.1. The van der Waals surface area contributed by atoms with Crippen LogP contribution in [-0.4, -0.2) is 67.2 Å². The molecule has 1 N–H and O–H groups in total. The SMILES string of the molecule is CS(=O)(=O)N1CCCC(CN2CCCC2C(=O)O)C1. The Kier molecular flexibility index (Phi) is 4.47. The molecule has 19 heavy (non-hydrogen) atoms. The van der Waals surface area contributed by atoms with E-state index in [2.05, 4.69) is 0 Å². The third-order valence-electron chi connectivity index (χ3n) is 4.09. The van der Waals surface area contributed by atoms with Crippen LogP contribution in [0, 0.1) is 5.92 Å². The first-order chi connectivity index (χ1) is 8.88. The number of carboxylic acid groups (broad SMARTS) is 1. The highest BCUT2D eigenvalue weighted by molar-refractivity contribution is 7.88. The molecule has 2 saturated heterocycles. The Balaban J connectivity index is 1.94. The average Bonchev–Trinajstić information content (AvgIpc) is 2.76. The molecule has 0 radical (unpaired) electrons. The van der Waals surface area contributed by atoms with Crippen molar-refractivity contribution in [2.75, 3.05) is 32.4 Å². The van der Waals surface area contributed by atoms with E-state index in [0.717, 1.165) is 25.8 Å². The lowest BCUT2D eigenvalue weighted by atomic mass is 9.99. The molecule has 7 heteroatoms. The van der Waals surface area contributed by atoms with Gasteiger partial charge < -0.3 is 5.11 Å². The van der Waals surface area contributed by atoms with Crippen molar-refractivity contribution >= 4 is 16.0 Å². The van der Waals surface area contributed by atoms with Crippen LogP contribution >= 0.6 is 0 Å². The lowest BCUT2D eigenvalue weighted by molar-refractivity contribution is -0.142. The molecular weight excluding hydrogens is 268 g/mol. The van der Waals surface area contributed by atoms with Crippen LogP contribution in [0.25, 0.3) is 0 Å². The highest BCUT2D eigenvalue weighted by Crippen LogP contribution is 2.24. The molecule has 2 heterocycles. The fourth-order valence-corrected chi connectivity index (χ4v) is 4.08. The van der Waals surface area contributed by atoms with Crippen molar-refractivity contribution in [1.82, 2.24) is 9.21 Å². The van der Waals surface area contributed by atoms with Gasteiger partial charge in [-0.15, -0.1) is 0 Å². The molecule has 0 aliphatic carbocycles. The molecule has 0 amide bonds. The van der Waals surface area contributed by atoms with Gasteiger partial charge in [0.2, 0.25) is 10.0 Å². The molecule has 110 valence electrons.